The molecule has 0 saturated heterocycles. The van der Waals surface area contributed by atoms with Crippen LogP contribution in [0.3, 0.4) is 0 Å². The molecule has 0 unspecified atom stereocenters. The predicted octanol–water partition coefficient (Wildman–Crippen LogP) is 4.40. The van der Waals surface area contributed by atoms with Crippen molar-refractivity contribution in [2.45, 2.75) is 0 Å². The molecule has 4 aromatic rings. The van der Waals surface area contributed by atoms with Gasteiger partial charge < -0.3 is 0 Å². The van der Waals surface area contributed by atoms with Gasteiger partial charge in [-0.3, -0.25) is 20.2 Å². The molecule has 6 nitrogen and oxygen atoms in total. The third-order valence-electron chi connectivity index (χ3n) is 3.99. The highest BCUT2D eigenvalue weighted by molar-refractivity contribution is 6.26. The summed E-state index contributed by atoms with van der Waals surface area (Å²) in [5.41, 5.74) is 0.0212. The number of nitrogens with zero attached hydrogens (tertiary/aromatic N) is 2. The van der Waals surface area contributed by atoms with E-state index in [9.17, 15) is 20.2 Å². The van der Waals surface area contributed by atoms with E-state index in [0.29, 0.717) is 26.9 Å². The zero-order chi connectivity index (χ0) is 15.4. The Morgan fingerprint density at radius 2 is 1.32 bits per heavy atom. The third kappa shape index (κ3) is 1.49. The van der Waals surface area contributed by atoms with Crippen molar-refractivity contribution in [2.75, 3.05) is 0 Å². The maximum atomic E-state index is 11.3. The highest BCUT2D eigenvalue weighted by Gasteiger charge is 2.21. The Hall–Kier alpha value is -3.28. The number of nitro benzene ring substituents is 2. The number of hydrogen-bond acceptors (Lipinski definition) is 4. The minimum Gasteiger partial charge on any atom is -0.258 e. The zero-order valence-corrected chi connectivity index (χ0v) is 11.1. The van der Waals surface area contributed by atoms with Gasteiger partial charge in [0.1, 0.15) is 0 Å². The molecule has 0 aliphatic rings. The average Bonchev–Trinajstić information content (AvgIpc) is 2.51. The Balaban J connectivity index is 2.36. The molecule has 0 saturated carbocycles. The molecule has 4 rings (SSSR count). The first kappa shape index (κ1) is 12.5. The SMILES string of the molecule is O=[N+]([O-])c1cc2ccc([N+](=O)[O-])c3ccc4cccc1c4c23. The summed E-state index contributed by atoms with van der Waals surface area (Å²) >= 11 is 0. The van der Waals surface area contributed by atoms with E-state index < -0.39 is 9.85 Å². The summed E-state index contributed by atoms with van der Waals surface area (Å²) < 4.78 is 0. The van der Waals surface area contributed by atoms with Crippen LogP contribution in [0.2, 0.25) is 0 Å². The van der Waals surface area contributed by atoms with E-state index in [0.717, 1.165) is 5.39 Å². The van der Waals surface area contributed by atoms with E-state index in [1.54, 1.807) is 30.3 Å². The van der Waals surface area contributed by atoms with Crippen molar-refractivity contribution in [1.29, 1.82) is 0 Å². The van der Waals surface area contributed by atoms with Gasteiger partial charge in [0.25, 0.3) is 11.4 Å². The van der Waals surface area contributed by atoms with Crippen molar-refractivity contribution in [1.82, 2.24) is 0 Å². The molecule has 22 heavy (non-hydrogen) atoms. The fraction of sp³-hybridized carbons (Fsp3) is 0. The lowest BCUT2D eigenvalue weighted by atomic mass is 9.92. The first-order valence-corrected chi connectivity index (χ1v) is 6.57. The number of benzene rings is 4. The highest BCUT2D eigenvalue weighted by Crippen LogP contribution is 2.41. The highest BCUT2D eigenvalue weighted by atomic mass is 16.6. The summed E-state index contributed by atoms with van der Waals surface area (Å²) in [6.45, 7) is 0. The molecule has 0 fully saturated rings. The number of non-ortho nitro benzene ring substituents is 2. The maximum absolute atomic E-state index is 11.3. The van der Waals surface area contributed by atoms with Crippen LogP contribution in [-0.4, -0.2) is 9.85 Å². The van der Waals surface area contributed by atoms with Crippen LogP contribution in [0, 0.1) is 20.2 Å². The van der Waals surface area contributed by atoms with Crippen molar-refractivity contribution < 1.29 is 9.85 Å². The molecular weight excluding hydrogens is 284 g/mol. The lowest BCUT2D eigenvalue weighted by Gasteiger charge is -2.11. The topological polar surface area (TPSA) is 86.3 Å². The molecule has 0 aromatic heterocycles. The van der Waals surface area contributed by atoms with Crippen molar-refractivity contribution in [3.63, 3.8) is 0 Å². The number of nitro groups is 2. The zero-order valence-electron chi connectivity index (χ0n) is 11.1. The van der Waals surface area contributed by atoms with Crippen molar-refractivity contribution in [3.05, 3.63) is 68.8 Å². The molecule has 106 valence electrons. The van der Waals surface area contributed by atoms with E-state index in [1.807, 2.05) is 6.07 Å². The summed E-state index contributed by atoms with van der Waals surface area (Å²) in [5.74, 6) is 0. The van der Waals surface area contributed by atoms with Crippen molar-refractivity contribution in [3.8, 4) is 0 Å². The third-order valence-corrected chi connectivity index (χ3v) is 3.99. The predicted molar refractivity (Wildman–Crippen MR) is 83.5 cm³/mol. The minimum atomic E-state index is -0.430. The van der Waals surface area contributed by atoms with Gasteiger partial charge in [0.2, 0.25) is 0 Å². The van der Waals surface area contributed by atoms with E-state index >= 15 is 0 Å². The summed E-state index contributed by atoms with van der Waals surface area (Å²) in [7, 11) is 0. The molecule has 0 aliphatic carbocycles. The van der Waals surface area contributed by atoms with Gasteiger partial charge in [-0.25, -0.2) is 0 Å². The van der Waals surface area contributed by atoms with E-state index in [4.69, 9.17) is 0 Å². The van der Waals surface area contributed by atoms with Crippen molar-refractivity contribution in [2.24, 2.45) is 0 Å². The largest absolute Gasteiger partial charge is 0.277 e. The standard InChI is InChI=1S/C16H8N2O4/c19-17(20)13-7-5-10-8-14(18(21)22)11-3-1-2-9-4-6-12(13)16(10)15(9)11/h1-8H. The van der Waals surface area contributed by atoms with Gasteiger partial charge >= 0.3 is 0 Å². The van der Waals surface area contributed by atoms with Gasteiger partial charge in [-0.1, -0.05) is 18.2 Å². The van der Waals surface area contributed by atoms with Crippen LogP contribution < -0.4 is 0 Å². The van der Waals surface area contributed by atoms with Gasteiger partial charge in [0, 0.05) is 22.9 Å². The molecule has 0 radical (unpaired) electrons. The summed E-state index contributed by atoms with van der Waals surface area (Å²) in [6.07, 6.45) is 0. The summed E-state index contributed by atoms with van der Waals surface area (Å²) in [6, 6.07) is 13.2. The monoisotopic (exact) mass is 292 g/mol. The minimum absolute atomic E-state index is 0.00778. The number of rotatable bonds is 2. The van der Waals surface area contributed by atoms with Crippen LogP contribution >= 0.6 is 0 Å². The first-order chi connectivity index (χ1) is 10.6. The van der Waals surface area contributed by atoms with E-state index in [-0.39, 0.29) is 11.4 Å². The molecule has 0 aliphatic heterocycles. The van der Waals surface area contributed by atoms with Gasteiger partial charge in [0.05, 0.1) is 20.6 Å². The molecule has 6 heteroatoms. The Morgan fingerprint density at radius 1 is 0.682 bits per heavy atom. The molecule has 0 atom stereocenters. The van der Waals surface area contributed by atoms with E-state index in [1.165, 1.54) is 12.1 Å². The van der Waals surface area contributed by atoms with Crippen LogP contribution in [-0.2, 0) is 0 Å². The van der Waals surface area contributed by atoms with Crippen LogP contribution in [0.1, 0.15) is 0 Å². The van der Waals surface area contributed by atoms with Crippen LogP contribution in [0.4, 0.5) is 11.4 Å². The summed E-state index contributed by atoms with van der Waals surface area (Å²) in [5, 5.41) is 26.4. The fourth-order valence-corrected chi connectivity index (χ4v) is 3.10. The normalized spacial score (nSPS) is 11.5. The molecule has 0 amide bonds. The lowest BCUT2D eigenvalue weighted by molar-refractivity contribution is -0.383. The number of hydrogen-bond donors (Lipinski definition) is 0. The van der Waals surface area contributed by atoms with Crippen LogP contribution in [0.15, 0.2) is 48.5 Å². The lowest BCUT2D eigenvalue weighted by Crippen LogP contribution is -1.94. The van der Waals surface area contributed by atoms with Crippen molar-refractivity contribution >= 4 is 43.7 Å². The smallest absolute Gasteiger partial charge is 0.258 e. The molecule has 0 N–H and O–H groups in total. The first-order valence-electron chi connectivity index (χ1n) is 6.57. The van der Waals surface area contributed by atoms with Gasteiger partial charge in [-0.05, 0) is 29.0 Å². The van der Waals surface area contributed by atoms with Crippen LogP contribution in [0.25, 0.3) is 32.3 Å². The summed E-state index contributed by atoms with van der Waals surface area (Å²) in [4.78, 5) is 21.7. The molecule has 0 heterocycles. The van der Waals surface area contributed by atoms with Gasteiger partial charge in [-0.15, -0.1) is 0 Å². The Kier molecular flexibility index (Phi) is 2.33. The van der Waals surface area contributed by atoms with Gasteiger partial charge in [0.15, 0.2) is 0 Å². The Bertz CT molecular complexity index is 1080. The van der Waals surface area contributed by atoms with E-state index in [2.05, 4.69) is 0 Å². The Labute approximate surface area is 123 Å². The Morgan fingerprint density at radius 3 is 2.05 bits per heavy atom. The second-order valence-electron chi connectivity index (χ2n) is 5.11. The van der Waals surface area contributed by atoms with Crippen LogP contribution in [0.5, 0.6) is 0 Å². The quantitative estimate of drug-likeness (QED) is 0.311. The average molecular weight is 292 g/mol. The second-order valence-corrected chi connectivity index (χ2v) is 5.11. The van der Waals surface area contributed by atoms with Gasteiger partial charge in [-0.2, -0.15) is 0 Å². The molecule has 0 bridgehead atoms. The fourth-order valence-electron chi connectivity index (χ4n) is 3.10. The maximum Gasteiger partial charge on any atom is 0.277 e. The molecule has 4 aromatic carbocycles. The molecular formula is C16H8N2O4. The molecule has 0 spiro atoms. The second kappa shape index (κ2) is 4.11.